The van der Waals surface area contributed by atoms with E-state index in [0.717, 1.165) is 6.42 Å². The van der Waals surface area contributed by atoms with Gasteiger partial charge in [-0.05, 0) is 6.42 Å². The first-order chi connectivity index (χ1) is 4.23. The molecule has 0 nitrogen and oxygen atoms in total. The van der Waals surface area contributed by atoms with Gasteiger partial charge >= 0.3 is 6.73 Å². The molecular weight excluding hydrogens is 194 g/mol. The molecular formula is C5H7Cl3Si. The Morgan fingerprint density at radius 3 is 1.44 bits per heavy atom. The highest BCUT2D eigenvalue weighted by Gasteiger charge is 1.85. The molecule has 0 aromatic rings. The van der Waals surface area contributed by atoms with Crippen LogP contribution >= 0.6 is 33.2 Å². The van der Waals surface area contributed by atoms with Crippen LogP contribution in [0, 0.1) is 0 Å². The lowest BCUT2D eigenvalue weighted by Crippen LogP contribution is -1.66. The molecule has 0 radical (unpaired) electrons. The monoisotopic (exact) mass is 200 g/mol. The van der Waals surface area contributed by atoms with Gasteiger partial charge in [-0.25, -0.2) is 0 Å². The van der Waals surface area contributed by atoms with E-state index in [1.54, 1.807) is 0 Å². The van der Waals surface area contributed by atoms with Crippen molar-refractivity contribution in [2.75, 3.05) is 0 Å². The van der Waals surface area contributed by atoms with Gasteiger partial charge in [-0.1, -0.05) is 24.3 Å². The van der Waals surface area contributed by atoms with Gasteiger partial charge in [-0.3, -0.25) is 0 Å². The molecule has 0 aliphatic heterocycles. The Morgan fingerprint density at radius 1 is 1.00 bits per heavy atom. The summed E-state index contributed by atoms with van der Waals surface area (Å²) in [5.41, 5.74) is 0. The molecule has 0 bridgehead atoms. The second-order valence-electron chi connectivity index (χ2n) is 1.34. The van der Waals surface area contributed by atoms with Crippen molar-refractivity contribution in [3.8, 4) is 0 Å². The van der Waals surface area contributed by atoms with Gasteiger partial charge in [0, 0.05) is 0 Å². The maximum absolute atomic E-state index is 4.94. The first-order valence-electron chi connectivity index (χ1n) is 2.47. The summed E-state index contributed by atoms with van der Waals surface area (Å²) in [7, 11) is 0. The summed E-state index contributed by atoms with van der Waals surface area (Å²) < 4.78 is 0. The van der Waals surface area contributed by atoms with Crippen LogP contribution in [0.2, 0.25) is 0 Å². The number of halogens is 3. The van der Waals surface area contributed by atoms with Crippen LogP contribution in [0.15, 0.2) is 24.3 Å². The fraction of sp³-hybridized carbons (Fsp3) is 0.200. The Kier molecular flexibility index (Phi) is 7.10. The third-order valence-corrected chi connectivity index (χ3v) is 0.655. The zero-order chi connectivity index (χ0) is 7.11. The minimum atomic E-state index is -1.72. The average molecular weight is 202 g/mol. The van der Waals surface area contributed by atoms with Crippen LogP contribution in [0.1, 0.15) is 6.42 Å². The molecule has 0 aromatic heterocycles. The molecule has 9 heavy (non-hydrogen) atoms. The summed E-state index contributed by atoms with van der Waals surface area (Å²) in [6, 6.07) is 0. The summed E-state index contributed by atoms with van der Waals surface area (Å²) >= 11 is 14.8. The Hall–Kier alpha value is 0.567. The van der Waals surface area contributed by atoms with Gasteiger partial charge in [0.15, 0.2) is 0 Å². The molecule has 52 valence electrons. The standard InChI is InChI=1S/C5H6.Cl3HSi/c1-2-4-5-3-1;1-4(2)3/h1-4H,5H2;4H. The summed E-state index contributed by atoms with van der Waals surface area (Å²) in [6.07, 6.45) is 9.50. The maximum atomic E-state index is 4.94. The molecule has 1 rings (SSSR count). The van der Waals surface area contributed by atoms with Gasteiger partial charge in [0.05, 0.1) is 0 Å². The molecule has 0 heterocycles. The second kappa shape index (κ2) is 6.68. The third-order valence-electron chi connectivity index (χ3n) is 0.655. The lowest BCUT2D eigenvalue weighted by Gasteiger charge is -1.65. The molecule has 1 aliphatic carbocycles. The third kappa shape index (κ3) is 11.9. The van der Waals surface area contributed by atoms with E-state index in [1.165, 1.54) is 0 Å². The van der Waals surface area contributed by atoms with Crippen LogP contribution in [0.25, 0.3) is 0 Å². The molecule has 0 spiro atoms. The molecule has 0 saturated carbocycles. The molecule has 0 fully saturated rings. The SMILES string of the molecule is C1=CCC=C1.Cl[SiH](Cl)Cl. The van der Waals surface area contributed by atoms with Crippen molar-refractivity contribution in [1.82, 2.24) is 0 Å². The molecule has 0 amide bonds. The van der Waals surface area contributed by atoms with E-state index < -0.39 is 6.73 Å². The van der Waals surface area contributed by atoms with Crippen LogP contribution in [-0.2, 0) is 0 Å². The topological polar surface area (TPSA) is 0 Å². The minimum absolute atomic E-state index is 1.14. The largest absolute Gasteiger partial charge is 0.326 e. The number of rotatable bonds is 0. The minimum Gasteiger partial charge on any atom is -0.130 e. The second-order valence-corrected chi connectivity index (χ2v) is 7.77. The summed E-state index contributed by atoms with van der Waals surface area (Å²) in [5.74, 6) is 0. The fourth-order valence-corrected chi connectivity index (χ4v) is 0.393. The van der Waals surface area contributed by atoms with Gasteiger partial charge in [0.1, 0.15) is 0 Å². The van der Waals surface area contributed by atoms with Crippen molar-refractivity contribution in [2.45, 2.75) is 6.42 Å². The predicted molar refractivity (Wildman–Crippen MR) is 47.6 cm³/mol. The van der Waals surface area contributed by atoms with Crippen LogP contribution in [0.5, 0.6) is 0 Å². The molecule has 0 saturated heterocycles. The first kappa shape index (κ1) is 9.57. The summed E-state index contributed by atoms with van der Waals surface area (Å²) in [6.45, 7) is -1.72. The van der Waals surface area contributed by atoms with Crippen molar-refractivity contribution in [2.24, 2.45) is 0 Å². The molecule has 1 aliphatic rings. The summed E-state index contributed by atoms with van der Waals surface area (Å²) in [5, 5.41) is 0. The Morgan fingerprint density at radius 2 is 1.33 bits per heavy atom. The Labute approximate surface area is 70.8 Å². The van der Waals surface area contributed by atoms with Crippen LogP contribution < -0.4 is 0 Å². The van der Waals surface area contributed by atoms with Gasteiger partial charge in [0.2, 0.25) is 0 Å². The Balaban J connectivity index is 0.000000148. The average Bonchev–Trinajstić information content (AvgIpc) is 2.11. The molecule has 0 atom stereocenters. The van der Waals surface area contributed by atoms with Crippen LogP contribution in [0.3, 0.4) is 0 Å². The van der Waals surface area contributed by atoms with E-state index in [1.807, 2.05) is 0 Å². The highest BCUT2D eigenvalue weighted by atomic mass is 35.8. The van der Waals surface area contributed by atoms with E-state index in [-0.39, 0.29) is 0 Å². The lowest BCUT2D eigenvalue weighted by atomic mass is 10.5. The van der Waals surface area contributed by atoms with Crippen molar-refractivity contribution < 1.29 is 0 Å². The lowest BCUT2D eigenvalue weighted by molar-refractivity contribution is 1.45. The van der Waals surface area contributed by atoms with Crippen molar-refractivity contribution >= 4 is 40.0 Å². The van der Waals surface area contributed by atoms with Gasteiger partial charge in [-0.15, -0.1) is 33.2 Å². The molecule has 4 heteroatoms. The van der Waals surface area contributed by atoms with Crippen LogP contribution in [0.4, 0.5) is 0 Å². The quantitative estimate of drug-likeness (QED) is 0.418. The van der Waals surface area contributed by atoms with Gasteiger partial charge in [-0.2, -0.15) is 0 Å². The van der Waals surface area contributed by atoms with Crippen molar-refractivity contribution in [3.05, 3.63) is 24.3 Å². The van der Waals surface area contributed by atoms with E-state index in [4.69, 9.17) is 33.2 Å². The van der Waals surface area contributed by atoms with Gasteiger partial charge in [0.25, 0.3) is 0 Å². The first-order valence-corrected chi connectivity index (χ1v) is 7.71. The zero-order valence-corrected chi connectivity index (χ0v) is 8.15. The molecule has 0 N–H and O–H groups in total. The number of hydrogen-bond acceptors (Lipinski definition) is 0. The van der Waals surface area contributed by atoms with Crippen LogP contribution in [-0.4, -0.2) is 6.73 Å². The number of allylic oxidation sites excluding steroid dienone is 4. The van der Waals surface area contributed by atoms with E-state index in [0.29, 0.717) is 0 Å². The van der Waals surface area contributed by atoms with E-state index in [9.17, 15) is 0 Å². The van der Waals surface area contributed by atoms with Crippen molar-refractivity contribution in [3.63, 3.8) is 0 Å². The fourth-order valence-electron chi connectivity index (χ4n) is 0.393. The smallest absolute Gasteiger partial charge is 0.130 e. The Bertz CT molecular complexity index is 96.0. The van der Waals surface area contributed by atoms with E-state index >= 15 is 0 Å². The normalized spacial score (nSPS) is 13.8. The maximum Gasteiger partial charge on any atom is 0.326 e. The number of hydrogen-bond donors (Lipinski definition) is 0. The molecule has 0 aromatic carbocycles. The predicted octanol–water partition coefficient (Wildman–Crippen LogP) is 2.92. The molecule has 0 unspecified atom stereocenters. The highest BCUT2D eigenvalue weighted by molar-refractivity contribution is 7.54. The van der Waals surface area contributed by atoms with Crippen molar-refractivity contribution in [1.29, 1.82) is 0 Å². The van der Waals surface area contributed by atoms with Gasteiger partial charge < -0.3 is 0 Å². The zero-order valence-electron chi connectivity index (χ0n) is 4.73. The highest BCUT2D eigenvalue weighted by Crippen LogP contribution is 1.97. The summed E-state index contributed by atoms with van der Waals surface area (Å²) in [4.78, 5) is 0. The van der Waals surface area contributed by atoms with E-state index in [2.05, 4.69) is 24.3 Å².